The van der Waals surface area contributed by atoms with Crippen molar-refractivity contribution in [2.24, 2.45) is 5.73 Å². The summed E-state index contributed by atoms with van der Waals surface area (Å²) in [6.07, 6.45) is 3.02. The van der Waals surface area contributed by atoms with E-state index < -0.39 is 11.7 Å². The van der Waals surface area contributed by atoms with Crippen molar-refractivity contribution in [1.82, 2.24) is 9.61 Å². The van der Waals surface area contributed by atoms with Crippen LogP contribution in [0.1, 0.15) is 10.4 Å². The smallest absolute Gasteiger partial charge is 0.252 e. The molecule has 2 aromatic heterocycles. The van der Waals surface area contributed by atoms with Gasteiger partial charge >= 0.3 is 0 Å². The lowest BCUT2D eigenvalue weighted by atomic mass is 10.2. The van der Waals surface area contributed by atoms with Crippen LogP contribution in [0.15, 0.2) is 42.7 Å². The maximum atomic E-state index is 14.0. The molecule has 0 spiro atoms. The van der Waals surface area contributed by atoms with E-state index in [1.54, 1.807) is 35.0 Å². The highest BCUT2D eigenvalue weighted by Gasteiger charge is 2.17. The molecular formula is C16H12FN5O2. The van der Waals surface area contributed by atoms with E-state index in [9.17, 15) is 9.18 Å². The van der Waals surface area contributed by atoms with Gasteiger partial charge < -0.3 is 15.8 Å². The average molecular weight is 325 g/mol. The molecule has 0 aliphatic heterocycles. The predicted molar refractivity (Wildman–Crippen MR) is 84.5 cm³/mol. The molecule has 0 atom stereocenters. The lowest BCUT2D eigenvalue weighted by Gasteiger charge is -2.15. The SMILES string of the molecule is N#CCOc1c(F)cccc1Nc1c(C(N)=O)cnn2cccc12. The Kier molecular flexibility index (Phi) is 3.99. The minimum absolute atomic E-state index is 0.115. The second kappa shape index (κ2) is 6.26. The van der Waals surface area contributed by atoms with E-state index in [2.05, 4.69) is 10.4 Å². The van der Waals surface area contributed by atoms with Gasteiger partial charge in [-0.1, -0.05) is 6.07 Å². The molecule has 120 valence electrons. The molecule has 1 amide bonds. The molecule has 0 aliphatic rings. The summed E-state index contributed by atoms with van der Waals surface area (Å²) in [5.41, 5.74) is 6.77. The van der Waals surface area contributed by atoms with E-state index in [4.69, 9.17) is 15.7 Å². The van der Waals surface area contributed by atoms with Gasteiger partial charge in [0.25, 0.3) is 5.91 Å². The van der Waals surface area contributed by atoms with Crippen molar-refractivity contribution in [3.8, 4) is 11.8 Å². The molecule has 0 aliphatic carbocycles. The first kappa shape index (κ1) is 15.3. The zero-order chi connectivity index (χ0) is 17.1. The molecular weight excluding hydrogens is 313 g/mol. The third kappa shape index (κ3) is 2.70. The summed E-state index contributed by atoms with van der Waals surface area (Å²) in [5.74, 6) is -1.42. The molecule has 7 nitrogen and oxygen atoms in total. The maximum Gasteiger partial charge on any atom is 0.252 e. The average Bonchev–Trinajstić information content (AvgIpc) is 3.03. The van der Waals surface area contributed by atoms with Crippen LogP contribution < -0.4 is 15.8 Å². The minimum Gasteiger partial charge on any atom is -0.473 e. The third-order valence-corrected chi connectivity index (χ3v) is 3.34. The molecule has 0 bridgehead atoms. The van der Waals surface area contributed by atoms with E-state index in [1.807, 2.05) is 0 Å². The fourth-order valence-electron chi connectivity index (χ4n) is 2.30. The topological polar surface area (TPSA) is 105 Å². The highest BCUT2D eigenvalue weighted by Crippen LogP contribution is 2.33. The van der Waals surface area contributed by atoms with Gasteiger partial charge in [0.1, 0.15) is 6.07 Å². The van der Waals surface area contributed by atoms with Crippen molar-refractivity contribution in [3.63, 3.8) is 0 Å². The molecule has 2 heterocycles. The Balaban J connectivity index is 2.12. The molecule has 3 aromatic rings. The first-order valence-corrected chi connectivity index (χ1v) is 6.93. The Morgan fingerprint density at radius 2 is 2.25 bits per heavy atom. The number of nitriles is 1. The number of carbonyl (C=O) groups excluding carboxylic acids is 1. The summed E-state index contributed by atoms with van der Waals surface area (Å²) in [7, 11) is 0. The Hall–Kier alpha value is -3.60. The number of benzene rings is 1. The number of hydrogen-bond donors (Lipinski definition) is 2. The minimum atomic E-state index is -0.676. The number of rotatable bonds is 5. The van der Waals surface area contributed by atoms with Crippen LogP contribution in [0, 0.1) is 17.1 Å². The number of nitrogens with one attached hydrogen (secondary N) is 1. The van der Waals surface area contributed by atoms with Crippen molar-refractivity contribution in [2.75, 3.05) is 11.9 Å². The third-order valence-electron chi connectivity index (χ3n) is 3.34. The van der Waals surface area contributed by atoms with Gasteiger partial charge in [0.05, 0.1) is 28.7 Å². The van der Waals surface area contributed by atoms with Crippen molar-refractivity contribution in [3.05, 3.63) is 54.1 Å². The van der Waals surface area contributed by atoms with Crippen LogP contribution >= 0.6 is 0 Å². The molecule has 0 saturated heterocycles. The first-order valence-electron chi connectivity index (χ1n) is 6.93. The zero-order valence-electron chi connectivity index (χ0n) is 12.4. The lowest BCUT2D eigenvalue weighted by molar-refractivity contribution is 0.100. The summed E-state index contributed by atoms with van der Waals surface area (Å²) < 4.78 is 20.7. The van der Waals surface area contributed by atoms with Crippen molar-refractivity contribution < 1.29 is 13.9 Å². The van der Waals surface area contributed by atoms with Gasteiger partial charge in [0.2, 0.25) is 0 Å². The summed E-state index contributed by atoms with van der Waals surface area (Å²) >= 11 is 0. The van der Waals surface area contributed by atoms with Gasteiger partial charge in [-0.15, -0.1) is 0 Å². The molecule has 3 N–H and O–H groups in total. The lowest BCUT2D eigenvalue weighted by Crippen LogP contribution is -2.15. The number of fused-ring (bicyclic) bond motifs is 1. The second-order valence-corrected chi connectivity index (χ2v) is 4.82. The number of nitrogens with zero attached hydrogens (tertiary/aromatic N) is 3. The summed E-state index contributed by atoms with van der Waals surface area (Å²) in [4.78, 5) is 11.7. The van der Waals surface area contributed by atoms with Gasteiger partial charge in [-0.05, 0) is 24.3 Å². The van der Waals surface area contributed by atoms with Crippen LogP contribution in [-0.4, -0.2) is 22.1 Å². The number of halogens is 1. The number of para-hydroxylation sites is 1. The van der Waals surface area contributed by atoms with Crippen LogP contribution in [-0.2, 0) is 0 Å². The molecule has 8 heteroatoms. The molecule has 0 unspecified atom stereocenters. The Morgan fingerprint density at radius 1 is 1.42 bits per heavy atom. The predicted octanol–water partition coefficient (Wildman–Crippen LogP) is 2.22. The molecule has 0 saturated carbocycles. The van der Waals surface area contributed by atoms with E-state index >= 15 is 0 Å². The van der Waals surface area contributed by atoms with Crippen LogP contribution in [0.5, 0.6) is 5.75 Å². The summed E-state index contributed by atoms with van der Waals surface area (Å²) in [6, 6.07) is 9.53. The zero-order valence-corrected chi connectivity index (χ0v) is 12.4. The van der Waals surface area contributed by atoms with E-state index in [0.29, 0.717) is 11.2 Å². The number of amides is 1. The number of nitrogens with two attached hydrogens (primary N) is 1. The highest BCUT2D eigenvalue weighted by atomic mass is 19.1. The van der Waals surface area contributed by atoms with Gasteiger partial charge in [0.15, 0.2) is 18.2 Å². The fraction of sp³-hybridized carbons (Fsp3) is 0.0625. The second-order valence-electron chi connectivity index (χ2n) is 4.82. The Labute approximate surface area is 136 Å². The van der Waals surface area contributed by atoms with E-state index in [0.717, 1.165) is 0 Å². The normalized spacial score (nSPS) is 10.3. The molecule has 1 aromatic carbocycles. The standard InChI is InChI=1S/C16H12FN5O2/c17-11-3-1-4-12(15(11)24-8-6-18)21-14-10(16(19)23)9-20-22-7-2-5-13(14)22/h1-5,7,9,21H,8H2,(H2,19,23). The van der Waals surface area contributed by atoms with Crippen LogP contribution in [0.2, 0.25) is 0 Å². The van der Waals surface area contributed by atoms with Crippen molar-refractivity contribution in [2.45, 2.75) is 0 Å². The maximum absolute atomic E-state index is 14.0. The Morgan fingerprint density at radius 3 is 3.00 bits per heavy atom. The van der Waals surface area contributed by atoms with Crippen LogP contribution in [0.3, 0.4) is 0 Å². The number of primary amides is 1. The van der Waals surface area contributed by atoms with Gasteiger partial charge in [0, 0.05) is 6.20 Å². The highest BCUT2D eigenvalue weighted by molar-refractivity contribution is 6.03. The van der Waals surface area contributed by atoms with Crippen molar-refractivity contribution >= 4 is 22.8 Å². The monoisotopic (exact) mass is 325 g/mol. The molecule has 0 radical (unpaired) electrons. The number of hydrogen-bond acceptors (Lipinski definition) is 5. The van der Waals surface area contributed by atoms with E-state index in [1.165, 1.54) is 18.3 Å². The van der Waals surface area contributed by atoms with Crippen LogP contribution in [0.25, 0.3) is 5.52 Å². The van der Waals surface area contributed by atoms with Gasteiger partial charge in [-0.25, -0.2) is 8.91 Å². The summed E-state index contributed by atoms with van der Waals surface area (Å²) in [6.45, 7) is -0.310. The quantitative estimate of drug-likeness (QED) is 0.748. The summed E-state index contributed by atoms with van der Waals surface area (Å²) in [5, 5.41) is 15.7. The van der Waals surface area contributed by atoms with Crippen molar-refractivity contribution in [1.29, 1.82) is 5.26 Å². The first-order chi connectivity index (χ1) is 11.6. The van der Waals surface area contributed by atoms with E-state index in [-0.39, 0.29) is 23.6 Å². The largest absolute Gasteiger partial charge is 0.473 e. The number of carbonyl (C=O) groups is 1. The number of anilines is 2. The number of ether oxygens (including phenoxy) is 1. The number of aromatic nitrogens is 2. The Bertz CT molecular complexity index is 961. The van der Waals surface area contributed by atoms with Crippen LogP contribution in [0.4, 0.5) is 15.8 Å². The van der Waals surface area contributed by atoms with Gasteiger partial charge in [-0.2, -0.15) is 10.4 Å². The van der Waals surface area contributed by atoms with Gasteiger partial charge in [-0.3, -0.25) is 4.79 Å². The fourth-order valence-corrected chi connectivity index (χ4v) is 2.30. The molecule has 24 heavy (non-hydrogen) atoms. The molecule has 0 fully saturated rings. The molecule has 3 rings (SSSR count).